The van der Waals surface area contributed by atoms with E-state index in [0.29, 0.717) is 12.3 Å². The fourth-order valence-electron chi connectivity index (χ4n) is 5.02. The molecule has 4 aromatic carbocycles. The summed E-state index contributed by atoms with van der Waals surface area (Å²) >= 11 is 3.51. The molecule has 4 aromatic rings. The van der Waals surface area contributed by atoms with Gasteiger partial charge in [-0.25, -0.2) is 8.42 Å². The van der Waals surface area contributed by atoms with Crippen LogP contribution in [-0.4, -0.2) is 51.4 Å². The van der Waals surface area contributed by atoms with Crippen LogP contribution in [0.15, 0.2) is 112 Å². The lowest BCUT2D eigenvalue weighted by molar-refractivity contribution is -0.140. The van der Waals surface area contributed by atoms with Gasteiger partial charge < -0.3 is 15.0 Å². The highest BCUT2D eigenvalue weighted by Crippen LogP contribution is 2.28. The van der Waals surface area contributed by atoms with Crippen LogP contribution >= 0.6 is 15.9 Å². The number of amides is 2. The number of nitrogens with one attached hydrogen (secondary N) is 1. The summed E-state index contributed by atoms with van der Waals surface area (Å²) in [6, 6.07) is 29.2. The average Bonchev–Trinajstić information content (AvgIpc) is 3.05. The van der Waals surface area contributed by atoms with Gasteiger partial charge in [0.1, 0.15) is 18.3 Å². The number of aryl methyl sites for hydroxylation is 1. The van der Waals surface area contributed by atoms with Gasteiger partial charge in [0.2, 0.25) is 11.8 Å². The first-order chi connectivity index (χ1) is 22.1. The maximum Gasteiger partial charge on any atom is 0.264 e. The van der Waals surface area contributed by atoms with Crippen molar-refractivity contribution in [1.29, 1.82) is 0 Å². The molecule has 0 aliphatic heterocycles. The number of hydrogen-bond donors (Lipinski definition) is 1. The lowest BCUT2D eigenvalue weighted by Crippen LogP contribution is -2.53. The number of methoxy groups -OCH3 is 1. The molecule has 1 unspecified atom stereocenters. The van der Waals surface area contributed by atoms with E-state index in [0.717, 1.165) is 38.3 Å². The van der Waals surface area contributed by atoms with Gasteiger partial charge in [-0.05, 0) is 60.9 Å². The fraction of sp³-hybridized carbons (Fsp3) is 0.278. The summed E-state index contributed by atoms with van der Waals surface area (Å²) in [5.74, 6) is -0.377. The molecule has 0 aromatic heterocycles. The molecule has 46 heavy (non-hydrogen) atoms. The first-order valence-corrected chi connectivity index (χ1v) is 17.4. The van der Waals surface area contributed by atoms with Gasteiger partial charge >= 0.3 is 0 Å². The van der Waals surface area contributed by atoms with Gasteiger partial charge in [-0.1, -0.05) is 95.5 Å². The van der Waals surface area contributed by atoms with E-state index in [4.69, 9.17) is 4.74 Å². The number of hydrogen-bond acceptors (Lipinski definition) is 5. The molecule has 0 aliphatic carbocycles. The van der Waals surface area contributed by atoms with Gasteiger partial charge in [-0.3, -0.25) is 13.9 Å². The minimum atomic E-state index is -4.20. The van der Waals surface area contributed by atoms with Crippen LogP contribution in [0.5, 0.6) is 5.75 Å². The van der Waals surface area contributed by atoms with Crippen LogP contribution < -0.4 is 14.4 Å². The molecule has 242 valence electrons. The Bertz CT molecular complexity index is 1720. The number of halogens is 1. The summed E-state index contributed by atoms with van der Waals surface area (Å²) in [6.45, 7) is 3.94. The van der Waals surface area contributed by atoms with Crippen molar-refractivity contribution in [3.8, 4) is 5.75 Å². The Morgan fingerprint density at radius 1 is 0.891 bits per heavy atom. The summed E-state index contributed by atoms with van der Waals surface area (Å²) in [4.78, 5) is 30.0. The predicted molar refractivity (Wildman–Crippen MR) is 185 cm³/mol. The van der Waals surface area contributed by atoms with Crippen molar-refractivity contribution in [1.82, 2.24) is 10.2 Å². The van der Waals surface area contributed by atoms with Crippen LogP contribution in [0.3, 0.4) is 0 Å². The van der Waals surface area contributed by atoms with Crippen LogP contribution in [0.25, 0.3) is 0 Å². The van der Waals surface area contributed by atoms with Crippen molar-refractivity contribution in [2.75, 3.05) is 24.5 Å². The zero-order chi connectivity index (χ0) is 33.1. The molecular weight excluding hydrogens is 666 g/mol. The van der Waals surface area contributed by atoms with E-state index in [-0.39, 0.29) is 29.5 Å². The first-order valence-electron chi connectivity index (χ1n) is 15.2. The lowest BCUT2D eigenvalue weighted by Gasteiger charge is -2.34. The van der Waals surface area contributed by atoms with Crippen molar-refractivity contribution >= 4 is 43.5 Å². The standard InChI is InChI=1S/C36H40BrN3O5S/c1-4-5-21-38-36(42)34(23-28-11-7-6-8-12-28)39(25-29-13-9-14-30(37)22-29)35(41)26-40(31-15-10-16-32(24-31)45-3)46(43,44)33-19-17-27(2)18-20-33/h6-20,22,24,34H,4-5,21,23,25-26H2,1-3H3,(H,38,42). The molecule has 1 atom stereocenters. The number of anilines is 1. The second-order valence-corrected chi connectivity index (χ2v) is 13.8. The number of carbonyl (C=O) groups excluding carboxylic acids is 2. The number of sulfonamides is 1. The molecule has 0 fully saturated rings. The van der Waals surface area contributed by atoms with Crippen molar-refractivity contribution < 1.29 is 22.7 Å². The highest BCUT2D eigenvalue weighted by molar-refractivity contribution is 9.10. The molecule has 0 spiro atoms. The zero-order valence-corrected chi connectivity index (χ0v) is 28.8. The number of benzene rings is 4. The molecule has 0 bridgehead atoms. The number of carbonyl (C=O) groups is 2. The van der Waals surface area contributed by atoms with Crippen molar-refractivity contribution in [2.45, 2.75) is 50.6 Å². The molecule has 1 N–H and O–H groups in total. The second-order valence-electron chi connectivity index (χ2n) is 11.0. The Morgan fingerprint density at radius 3 is 2.26 bits per heavy atom. The number of unbranched alkanes of at least 4 members (excludes halogenated alkanes) is 1. The molecule has 0 radical (unpaired) electrons. The lowest BCUT2D eigenvalue weighted by atomic mass is 10.0. The minimum absolute atomic E-state index is 0.0467. The van der Waals surface area contributed by atoms with Crippen LogP contribution in [0.4, 0.5) is 5.69 Å². The van der Waals surface area contributed by atoms with E-state index in [1.54, 1.807) is 36.4 Å². The summed E-state index contributed by atoms with van der Waals surface area (Å²) < 4.78 is 35.7. The van der Waals surface area contributed by atoms with Gasteiger partial charge in [0.25, 0.3) is 10.0 Å². The molecule has 8 nitrogen and oxygen atoms in total. The van der Waals surface area contributed by atoms with Crippen molar-refractivity contribution in [2.24, 2.45) is 0 Å². The van der Waals surface area contributed by atoms with Gasteiger partial charge in [0, 0.05) is 30.0 Å². The van der Waals surface area contributed by atoms with Gasteiger partial charge in [-0.2, -0.15) is 0 Å². The third-order valence-electron chi connectivity index (χ3n) is 7.57. The topological polar surface area (TPSA) is 96.0 Å². The summed E-state index contributed by atoms with van der Waals surface area (Å²) in [6.07, 6.45) is 1.95. The van der Waals surface area contributed by atoms with E-state index in [1.165, 1.54) is 24.1 Å². The number of ether oxygens (including phenoxy) is 1. The van der Waals surface area contributed by atoms with E-state index in [1.807, 2.05) is 68.4 Å². The van der Waals surface area contributed by atoms with Gasteiger partial charge in [-0.15, -0.1) is 0 Å². The molecular formula is C36H40BrN3O5S. The molecule has 10 heteroatoms. The van der Waals surface area contributed by atoms with Gasteiger partial charge in [0.15, 0.2) is 0 Å². The summed E-state index contributed by atoms with van der Waals surface area (Å²) in [5, 5.41) is 3.01. The molecule has 4 rings (SSSR count). The van der Waals surface area contributed by atoms with Crippen LogP contribution in [0, 0.1) is 6.92 Å². The van der Waals surface area contributed by atoms with Crippen LogP contribution in [0.1, 0.15) is 36.5 Å². The van der Waals surface area contributed by atoms with Crippen molar-refractivity contribution in [3.63, 3.8) is 0 Å². The van der Waals surface area contributed by atoms with Crippen LogP contribution in [0.2, 0.25) is 0 Å². The normalized spacial score (nSPS) is 11.8. The van der Waals surface area contributed by atoms with Gasteiger partial charge in [0.05, 0.1) is 17.7 Å². The molecule has 0 saturated carbocycles. The molecule has 2 amide bonds. The van der Waals surface area contributed by atoms with E-state index in [9.17, 15) is 18.0 Å². The van der Waals surface area contributed by atoms with E-state index < -0.39 is 28.5 Å². The maximum atomic E-state index is 14.6. The van der Waals surface area contributed by atoms with E-state index in [2.05, 4.69) is 21.2 Å². The molecule has 0 aliphatic rings. The Hall–Kier alpha value is -4.15. The Kier molecular flexibility index (Phi) is 12.4. The number of nitrogens with zero attached hydrogens (tertiary/aromatic N) is 2. The Balaban J connectivity index is 1.80. The first kappa shape index (κ1) is 34.7. The SMILES string of the molecule is CCCCNC(=O)C(Cc1ccccc1)N(Cc1cccc(Br)c1)C(=O)CN(c1cccc(OC)c1)S(=O)(=O)c1ccc(C)cc1. The number of rotatable bonds is 15. The maximum absolute atomic E-state index is 14.6. The largest absolute Gasteiger partial charge is 0.497 e. The van der Waals surface area contributed by atoms with E-state index >= 15 is 0 Å². The highest BCUT2D eigenvalue weighted by Gasteiger charge is 2.34. The second kappa shape index (κ2) is 16.4. The smallest absolute Gasteiger partial charge is 0.264 e. The quantitative estimate of drug-likeness (QED) is 0.142. The third kappa shape index (κ3) is 9.20. The fourth-order valence-corrected chi connectivity index (χ4v) is 6.88. The highest BCUT2D eigenvalue weighted by atomic mass is 79.9. The third-order valence-corrected chi connectivity index (χ3v) is 9.85. The minimum Gasteiger partial charge on any atom is -0.497 e. The monoisotopic (exact) mass is 705 g/mol. The zero-order valence-electron chi connectivity index (χ0n) is 26.4. The Morgan fingerprint density at radius 2 is 1.59 bits per heavy atom. The Labute approximate surface area is 280 Å². The van der Waals surface area contributed by atoms with Crippen molar-refractivity contribution in [3.05, 3.63) is 124 Å². The predicted octanol–water partition coefficient (Wildman–Crippen LogP) is 6.52. The average molecular weight is 707 g/mol. The van der Waals surface area contributed by atoms with Crippen LogP contribution in [-0.2, 0) is 32.6 Å². The molecule has 0 saturated heterocycles. The molecule has 0 heterocycles. The summed E-state index contributed by atoms with van der Waals surface area (Å²) in [7, 11) is -2.71. The summed E-state index contributed by atoms with van der Waals surface area (Å²) in [5.41, 5.74) is 2.84.